The molecule has 0 aromatic heterocycles. The summed E-state index contributed by atoms with van der Waals surface area (Å²) in [7, 11) is 0. The summed E-state index contributed by atoms with van der Waals surface area (Å²) < 4.78 is 18.7. The SMILES string of the molecule is NCC1CN(CCc2ccccc2F)C(=O)CO1. The summed E-state index contributed by atoms with van der Waals surface area (Å²) in [6.07, 6.45) is 0.402. The van der Waals surface area contributed by atoms with Gasteiger partial charge in [0.2, 0.25) is 5.91 Å². The Balaban J connectivity index is 1.93. The zero-order chi connectivity index (χ0) is 13.0. The molecule has 2 N–H and O–H groups in total. The molecule has 1 aromatic rings. The Morgan fingerprint density at radius 2 is 2.22 bits per heavy atom. The number of hydrogen-bond donors (Lipinski definition) is 1. The van der Waals surface area contributed by atoms with Crippen LogP contribution in [-0.2, 0) is 16.0 Å². The van der Waals surface area contributed by atoms with E-state index in [9.17, 15) is 9.18 Å². The molecule has 0 aliphatic carbocycles. The van der Waals surface area contributed by atoms with Crippen molar-refractivity contribution in [2.75, 3.05) is 26.2 Å². The van der Waals surface area contributed by atoms with Gasteiger partial charge in [-0.15, -0.1) is 0 Å². The molecular weight excluding hydrogens is 235 g/mol. The summed E-state index contributed by atoms with van der Waals surface area (Å²) in [5, 5.41) is 0. The number of carbonyl (C=O) groups is 1. The minimum absolute atomic E-state index is 0.0592. The van der Waals surface area contributed by atoms with Gasteiger partial charge in [-0.05, 0) is 18.1 Å². The number of halogens is 1. The van der Waals surface area contributed by atoms with Crippen LogP contribution in [0.3, 0.4) is 0 Å². The van der Waals surface area contributed by atoms with Gasteiger partial charge in [0.05, 0.1) is 6.10 Å². The number of ether oxygens (including phenoxy) is 1. The Bertz CT molecular complexity index is 425. The third kappa shape index (κ3) is 3.05. The van der Waals surface area contributed by atoms with Crippen molar-refractivity contribution in [1.82, 2.24) is 4.90 Å². The second kappa shape index (κ2) is 5.93. The van der Waals surface area contributed by atoms with Crippen molar-refractivity contribution in [2.24, 2.45) is 5.73 Å². The summed E-state index contributed by atoms with van der Waals surface area (Å²) in [6, 6.07) is 6.62. The first-order valence-electron chi connectivity index (χ1n) is 6.03. The standard InChI is InChI=1S/C13H17FN2O2/c14-12-4-2-1-3-10(12)5-6-16-8-11(7-15)18-9-13(16)17/h1-4,11H,5-9,15H2. The molecule has 1 aromatic carbocycles. The molecule has 1 fully saturated rings. The maximum Gasteiger partial charge on any atom is 0.248 e. The second-order valence-electron chi connectivity index (χ2n) is 4.35. The maximum atomic E-state index is 13.4. The van der Waals surface area contributed by atoms with Crippen molar-refractivity contribution < 1.29 is 13.9 Å². The molecule has 5 heteroatoms. The quantitative estimate of drug-likeness (QED) is 0.851. The summed E-state index contributed by atoms with van der Waals surface area (Å²) in [5.41, 5.74) is 6.15. The van der Waals surface area contributed by atoms with Crippen molar-refractivity contribution in [3.63, 3.8) is 0 Å². The van der Waals surface area contributed by atoms with Gasteiger partial charge in [-0.2, -0.15) is 0 Å². The van der Waals surface area contributed by atoms with Crippen LogP contribution in [0, 0.1) is 5.82 Å². The van der Waals surface area contributed by atoms with E-state index in [1.54, 1.807) is 23.1 Å². The number of benzene rings is 1. The number of nitrogens with two attached hydrogens (primary N) is 1. The first-order chi connectivity index (χ1) is 8.70. The molecule has 0 bridgehead atoms. The first kappa shape index (κ1) is 13.0. The van der Waals surface area contributed by atoms with Crippen LogP contribution in [0.5, 0.6) is 0 Å². The molecule has 2 rings (SSSR count). The normalized spacial score (nSPS) is 20.2. The predicted octanol–water partition coefficient (Wildman–Crippen LogP) is 0.554. The van der Waals surface area contributed by atoms with Crippen molar-refractivity contribution in [1.29, 1.82) is 0 Å². The van der Waals surface area contributed by atoms with Crippen molar-refractivity contribution >= 4 is 5.91 Å². The van der Waals surface area contributed by atoms with Crippen molar-refractivity contribution in [3.8, 4) is 0 Å². The zero-order valence-electron chi connectivity index (χ0n) is 10.1. The molecule has 0 spiro atoms. The topological polar surface area (TPSA) is 55.6 Å². The highest BCUT2D eigenvalue weighted by Crippen LogP contribution is 2.10. The molecule has 1 atom stereocenters. The summed E-state index contributed by atoms with van der Waals surface area (Å²) in [5.74, 6) is -0.287. The largest absolute Gasteiger partial charge is 0.365 e. The van der Waals surface area contributed by atoms with Gasteiger partial charge in [0, 0.05) is 19.6 Å². The van der Waals surface area contributed by atoms with Crippen LogP contribution in [-0.4, -0.2) is 43.2 Å². The van der Waals surface area contributed by atoms with E-state index in [1.807, 2.05) is 0 Å². The molecule has 1 heterocycles. The van der Waals surface area contributed by atoms with Crippen LogP contribution >= 0.6 is 0 Å². The fraction of sp³-hybridized carbons (Fsp3) is 0.462. The van der Waals surface area contributed by atoms with Crippen LogP contribution < -0.4 is 5.73 Å². The van der Waals surface area contributed by atoms with Crippen molar-refractivity contribution in [2.45, 2.75) is 12.5 Å². The molecule has 0 radical (unpaired) electrons. The lowest BCUT2D eigenvalue weighted by atomic mass is 10.1. The fourth-order valence-electron chi connectivity index (χ4n) is 2.00. The Morgan fingerprint density at radius 1 is 1.44 bits per heavy atom. The monoisotopic (exact) mass is 252 g/mol. The van der Waals surface area contributed by atoms with Gasteiger partial charge >= 0.3 is 0 Å². The molecular formula is C13H17FN2O2. The Kier molecular flexibility index (Phi) is 4.28. The highest BCUT2D eigenvalue weighted by Gasteiger charge is 2.25. The number of morpholine rings is 1. The van der Waals surface area contributed by atoms with Gasteiger partial charge in [0.25, 0.3) is 0 Å². The predicted molar refractivity (Wildman–Crippen MR) is 65.5 cm³/mol. The second-order valence-corrected chi connectivity index (χ2v) is 4.35. The van der Waals surface area contributed by atoms with Gasteiger partial charge < -0.3 is 15.4 Å². The smallest absolute Gasteiger partial charge is 0.248 e. The van der Waals surface area contributed by atoms with Crippen LogP contribution in [0.25, 0.3) is 0 Å². The van der Waals surface area contributed by atoms with Crippen molar-refractivity contribution in [3.05, 3.63) is 35.6 Å². The van der Waals surface area contributed by atoms with Gasteiger partial charge in [-0.25, -0.2) is 4.39 Å². The Morgan fingerprint density at radius 3 is 2.94 bits per heavy atom. The number of hydrogen-bond acceptors (Lipinski definition) is 3. The van der Waals surface area contributed by atoms with Crippen LogP contribution in [0.15, 0.2) is 24.3 Å². The number of rotatable bonds is 4. The van der Waals surface area contributed by atoms with Gasteiger partial charge in [-0.1, -0.05) is 18.2 Å². The summed E-state index contributed by atoms with van der Waals surface area (Å²) in [6.45, 7) is 1.45. The third-order valence-corrected chi connectivity index (χ3v) is 3.09. The summed E-state index contributed by atoms with van der Waals surface area (Å²) >= 11 is 0. The van der Waals surface area contributed by atoms with Crippen LogP contribution in [0.2, 0.25) is 0 Å². The van der Waals surface area contributed by atoms with Gasteiger partial charge in [0.1, 0.15) is 12.4 Å². The Hall–Kier alpha value is -1.46. The van der Waals surface area contributed by atoms with E-state index >= 15 is 0 Å². The molecule has 1 aliphatic rings. The van der Waals surface area contributed by atoms with E-state index < -0.39 is 0 Å². The average molecular weight is 252 g/mol. The minimum Gasteiger partial charge on any atom is -0.365 e. The van der Waals surface area contributed by atoms with E-state index in [-0.39, 0.29) is 24.4 Å². The summed E-state index contributed by atoms with van der Waals surface area (Å²) in [4.78, 5) is 13.3. The lowest BCUT2D eigenvalue weighted by molar-refractivity contribution is -0.148. The molecule has 18 heavy (non-hydrogen) atoms. The minimum atomic E-state index is -0.228. The van der Waals surface area contributed by atoms with E-state index in [0.717, 1.165) is 0 Å². The van der Waals surface area contributed by atoms with Gasteiger partial charge in [0.15, 0.2) is 0 Å². The maximum absolute atomic E-state index is 13.4. The lowest BCUT2D eigenvalue weighted by Crippen LogP contribution is -2.49. The zero-order valence-corrected chi connectivity index (χ0v) is 10.1. The highest BCUT2D eigenvalue weighted by atomic mass is 19.1. The molecule has 98 valence electrons. The van der Waals surface area contributed by atoms with Crippen LogP contribution in [0.1, 0.15) is 5.56 Å². The lowest BCUT2D eigenvalue weighted by Gasteiger charge is -2.32. The highest BCUT2D eigenvalue weighted by molar-refractivity contribution is 5.78. The van der Waals surface area contributed by atoms with E-state index in [4.69, 9.17) is 10.5 Å². The molecule has 1 saturated heterocycles. The van der Waals surface area contributed by atoms with E-state index in [1.165, 1.54) is 6.07 Å². The third-order valence-electron chi connectivity index (χ3n) is 3.09. The fourth-order valence-corrected chi connectivity index (χ4v) is 2.00. The number of amides is 1. The first-order valence-corrected chi connectivity index (χ1v) is 6.03. The van der Waals surface area contributed by atoms with Gasteiger partial charge in [-0.3, -0.25) is 4.79 Å². The Labute approximate surface area is 106 Å². The average Bonchev–Trinajstić information content (AvgIpc) is 2.39. The number of carbonyl (C=O) groups excluding carboxylic acids is 1. The molecule has 1 aliphatic heterocycles. The molecule has 4 nitrogen and oxygen atoms in total. The van der Waals surface area contributed by atoms with E-state index in [0.29, 0.717) is 31.6 Å². The molecule has 1 unspecified atom stereocenters. The molecule has 1 amide bonds. The van der Waals surface area contributed by atoms with Crippen LogP contribution in [0.4, 0.5) is 4.39 Å². The molecule has 0 saturated carbocycles. The number of nitrogens with zero attached hydrogens (tertiary/aromatic N) is 1. The van der Waals surface area contributed by atoms with E-state index in [2.05, 4.69) is 0 Å².